The fourth-order valence-electron chi connectivity index (χ4n) is 1.97. The van der Waals surface area contributed by atoms with Crippen molar-refractivity contribution in [2.24, 2.45) is 0 Å². The van der Waals surface area contributed by atoms with Gasteiger partial charge in [0.1, 0.15) is 5.82 Å². The zero-order valence-electron chi connectivity index (χ0n) is 10.8. The summed E-state index contributed by atoms with van der Waals surface area (Å²) in [4.78, 5) is 14.0. The van der Waals surface area contributed by atoms with Crippen molar-refractivity contribution in [1.29, 1.82) is 0 Å². The number of halogens is 1. The number of aryl methyl sites for hydroxylation is 1. The SMILES string of the molecule is COCCN(C(=O)c1ccc(C)cc1F)C1CC1. The summed E-state index contributed by atoms with van der Waals surface area (Å²) >= 11 is 0. The van der Waals surface area contributed by atoms with Crippen LogP contribution in [0.25, 0.3) is 0 Å². The lowest BCUT2D eigenvalue weighted by molar-refractivity contribution is 0.0675. The molecule has 98 valence electrons. The molecule has 0 atom stereocenters. The molecule has 1 fully saturated rings. The Balaban J connectivity index is 2.16. The Hall–Kier alpha value is -1.42. The fourth-order valence-corrected chi connectivity index (χ4v) is 1.97. The molecule has 0 bridgehead atoms. The number of ether oxygens (including phenoxy) is 1. The molecule has 18 heavy (non-hydrogen) atoms. The maximum atomic E-state index is 13.8. The Bertz CT molecular complexity index is 443. The highest BCUT2D eigenvalue weighted by Crippen LogP contribution is 2.28. The second-order valence-electron chi connectivity index (χ2n) is 4.71. The molecule has 1 aliphatic carbocycles. The maximum Gasteiger partial charge on any atom is 0.257 e. The third kappa shape index (κ3) is 2.88. The summed E-state index contributed by atoms with van der Waals surface area (Å²) in [6, 6.07) is 4.98. The summed E-state index contributed by atoms with van der Waals surface area (Å²) in [5.41, 5.74) is 0.975. The molecule has 4 heteroatoms. The van der Waals surface area contributed by atoms with Crippen LogP contribution in [0.3, 0.4) is 0 Å². The Morgan fingerprint density at radius 1 is 1.50 bits per heavy atom. The number of hydrogen-bond acceptors (Lipinski definition) is 2. The van der Waals surface area contributed by atoms with Gasteiger partial charge in [0.25, 0.3) is 5.91 Å². The third-order valence-corrected chi connectivity index (χ3v) is 3.14. The van der Waals surface area contributed by atoms with Crippen molar-refractivity contribution in [2.45, 2.75) is 25.8 Å². The van der Waals surface area contributed by atoms with Crippen LogP contribution in [0.5, 0.6) is 0 Å². The minimum atomic E-state index is -0.442. The number of benzene rings is 1. The minimum absolute atomic E-state index is 0.156. The van der Waals surface area contributed by atoms with E-state index in [4.69, 9.17) is 4.74 Å². The molecule has 0 radical (unpaired) electrons. The normalized spacial score (nSPS) is 14.6. The van der Waals surface area contributed by atoms with Crippen molar-refractivity contribution < 1.29 is 13.9 Å². The van der Waals surface area contributed by atoms with Gasteiger partial charge in [0, 0.05) is 19.7 Å². The van der Waals surface area contributed by atoms with Crippen molar-refractivity contribution in [3.05, 3.63) is 35.1 Å². The Labute approximate surface area is 107 Å². The molecule has 0 spiro atoms. The summed E-state index contributed by atoms with van der Waals surface area (Å²) < 4.78 is 18.8. The van der Waals surface area contributed by atoms with Gasteiger partial charge in [0.05, 0.1) is 12.2 Å². The summed E-state index contributed by atoms with van der Waals surface area (Å²) in [6.45, 7) is 2.81. The van der Waals surface area contributed by atoms with Crippen LogP contribution < -0.4 is 0 Å². The van der Waals surface area contributed by atoms with Crippen LogP contribution in [-0.2, 0) is 4.74 Å². The molecule has 1 aromatic carbocycles. The molecule has 2 rings (SSSR count). The fraction of sp³-hybridized carbons (Fsp3) is 0.500. The van der Waals surface area contributed by atoms with E-state index in [-0.39, 0.29) is 17.5 Å². The molecular formula is C14H18FNO2. The van der Waals surface area contributed by atoms with Gasteiger partial charge >= 0.3 is 0 Å². The second-order valence-corrected chi connectivity index (χ2v) is 4.71. The van der Waals surface area contributed by atoms with E-state index in [1.165, 1.54) is 6.07 Å². The molecular weight excluding hydrogens is 233 g/mol. The first kappa shape index (κ1) is 13.0. The summed E-state index contributed by atoms with van der Waals surface area (Å²) in [7, 11) is 1.60. The molecule has 0 saturated heterocycles. The van der Waals surface area contributed by atoms with Crippen molar-refractivity contribution in [3.8, 4) is 0 Å². The maximum absolute atomic E-state index is 13.8. The van der Waals surface area contributed by atoms with Gasteiger partial charge in [0.15, 0.2) is 0 Å². The van der Waals surface area contributed by atoms with E-state index < -0.39 is 5.82 Å². The van der Waals surface area contributed by atoms with Crippen molar-refractivity contribution in [2.75, 3.05) is 20.3 Å². The lowest BCUT2D eigenvalue weighted by atomic mass is 10.1. The molecule has 3 nitrogen and oxygen atoms in total. The van der Waals surface area contributed by atoms with Gasteiger partial charge in [-0.3, -0.25) is 4.79 Å². The first-order valence-corrected chi connectivity index (χ1v) is 6.19. The third-order valence-electron chi connectivity index (χ3n) is 3.14. The van der Waals surface area contributed by atoms with Crippen molar-refractivity contribution in [1.82, 2.24) is 4.90 Å². The van der Waals surface area contributed by atoms with Gasteiger partial charge in [-0.2, -0.15) is 0 Å². The van der Waals surface area contributed by atoms with Crippen LogP contribution in [0.1, 0.15) is 28.8 Å². The summed E-state index contributed by atoms with van der Waals surface area (Å²) in [5.74, 6) is -0.671. The van der Waals surface area contributed by atoms with Crippen LogP contribution in [0.4, 0.5) is 4.39 Å². The molecule has 1 amide bonds. The number of carbonyl (C=O) groups excluding carboxylic acids is 1. The van der Waals surface area contributed by atoms with E-state index in [0.717, 1.165) is 18.4 Å². The average molecular weight is 251 g/mol. The van der Waals surface area contributed by atoms with E-state index in [0.29, 0.717) is 13.2 Å². The van der Waals surface area contributed by atoms with Crippen molar-refractivity contribution in [3.63, 3.8) is 0 Å². The van der Waals surface area contributed by atoms with Gasteiger partial charge in [0.2, 0.25) is 0 Å². The molecule has 0 N–H and O–H groups in total. The first-order valence-electron chi connectivity index (χ1n) is 6.19. The number of hydrogen-bond donors (Lipinski definition) is 0. The van der Waals surface area contributed by atoms with E-state index >= 15 is 0 Å². The first-order chi connectivity index (χ1) is 8.63. The van der Waals surface area contributed by atoms with E-state index in [9.17, 15) is 9.18 Å². The lowest BCUT2D eigenvalue weighted by Gasteiger charge is -2.22. The predicted molar refractivity (Wildman–Crippen MR) is 67.1 cm³/mol. The Morgan fingerprint density at radius 3 is 2.78 bits per heavy atom. The highest BCUT2D eigenvalue weighted by Gasteiger charge is 2.33. The molecule has 0 heterocycles. The highest BCUT2D eigenvalue weighted by atomic mass is 19.1. The topological polar surface area (TPSA) is 29.5 Å². The zero-order valence-corrected chi connectivity index (χ0v) is 10.8. The highest BCUT2D eigenvalue weighted by molar-refractivity contribution is 5.95. The van der Waals surface area contributed by atoms with Gasteiger partial charge in [-0.25, -0.2) is 4.39 Å². The molecule has 0 aromatic heterocycles. The summed E-state index contributed by atoms with van der Waals surface area (Å²) in [5, 5.41) is 0. The van der Waals surface area contributed by atoms with Gasteiger partial charge in [-0.15, -0.1) is 0 Å². The molecule has 1 saturated carbocycles. The molecule has 0 unspecified atom stereocenters. The minimum Gasteiger partial charge on any atom is -0.383 e. The van der Waals surface area contributed by atoms with Crippen molar-refractivity contribution >= 4 is 5.91 Å². The van der Waals surface area contributed by atoms with Crippen LogP contribution in [0.15, 0.2) is 18.2 Å². The Morgan fingerprint density at radius 2 is 2.22 bits per heavy atom. The molecule has 1 aliphatic rings. The van der Waals surface area contributed by atoms with E-state index in [2.05, 4.69) is 0 Å². The number of rotatable bonds is 5. The zero-order chi connectivity index (χ0) is 13.1. The van der Waals surface area contributed by atoms with Crippen LogP contribution in [0, 0.1) is 12.7 Å². The average Bonchev–Trinajstić information content (AvgIpc) is 3.13. The predicted octanol–water partition coefficient (Wildman–Crippen LogP) is 2.39. The number of amides is 1. The van der Waals surface area contributed by atoms with Crippen LogP contribution >= 0.6 is 0 Å². The second kappa shape index (κ2) is 5.48. The Kier molecular flexibility index (Phi) is 3.97. The standard InChI is InChI=1S/C14H18FNO2/c1-10-3-6-12(13(15)9-10)14(17)16(7-8-18-2)11-4-5-11/h3,6,9,11H,4-5,7-8H2,1-2H3. The van der Waals surface area contributed by atoms with Crippen LogP contribution in [-0.4, -0.2) is 37.1 Å². The monoisotopic (exact) mass is 251 g/mol. The number of carbonyl (C=O) groups is 1. The van der Waals surface area contributed by atoms with E-state index in [1.807, 2.05) is 0 Å². The van der Waals surface area contributed by atoms with Gasteiger partial charge < -0.3 is 9.64 Å². The lowest BCUT2D eigenvalue weighted by Crippen LogP contribution is -2.36. The smallest absolute Gasteiger partial charge is 0.257 e. The largest absolute Gasteiger partial charge is 0.383 e. The summed E-state index contributed by atoms with van der Waals surface area (Å²) in [6.07, 6.45) is 2.01. The molecule has 0 aliphatic heterocycles. The van der Waals surface area contributed by atoms with Gasteiger partial charge in [-0.05, 0) is 37.5 Å². The van der Waals surface area contributed by atoms with E-state index in [1.54, 1.807) is 31.1 Å². The van der Waals surface area contributed by atoms with Crippen LogP contribution in [0.2, 0.25) is 0 Å². The quantitative estimate of drug-likeness (QED) is 0.804. The number of methoxy groups -OCH3 is 1. The molecule has 1 aromatic rings. The number of nitrogens with zero attached hydrogens (tertiary/aromatic N) is 1. The van der Waals surface area contributed by atoms with Gasteiger partial charge in [-0.1, -0.05) is 6.07 Å².